The molecule has 146 valence electrons. The molecule has 0 aliphatic carbocycles. The summed E-state index contributed by atoms with van der Waals surface area (Å²) in [6.07, 6.45) is 1.35. The first-order chi connectivity index (χ1) is 12.7. The molecule has 1 aliphatic rings. The number of nitrogens with zero attached hydrogens (tertiary/aromatic N) is 2. The van der Waals surface area contributed by atoms with Crippen molar-refractivity contribution < 1.29 is 19.4 Å². The normalized spacial score (nSPS) is 17.1. The second-order valence-corrected chi connectivity index (χ2v) is 8.11. The number of ether oxygens (including phenoxy) is 1. The van der Waals surface area contributed by atoms with E-state index < -0.39 is 17.6 Å². The van der Waals surface area contributed by atoms with E-state index >= 15 is 0 Å². The molecular formula is C19H24ClN3O4. The van der Waals surface area contributed by atoms with Crippen LogP contribution >= 0.6 is 11.6 Å². The predicted octanol–water partition coefficient (Wildman–Crippen LogP) is 3.50. The number of hydrogen-bond donors (Lipinski definition) is 2. The molecule has 0 bridgehead atoms. The van der Waals surface area contributed by atoms with E-state index in [0.717, 1.165) is 10.9 Å². The van der Waals surface area contributed by atoms with Crippen LogP contribution in [0.2, 0.25) is 5.02 Å². The molecule has 1 aromatic heterocycles. The van der Waals surface area contributed by atoms with Gasteiger partial charge in [0.15, 0.2) is 0 Å². The lowest BCUT2D eigenvalue weighted by molar-refractivity contribution is -0.144. The molecule has 7 nitrogen and oxygen atoms in total. The monoisotopic (exact) mass is 393 g/mol. The van der Waals surface area contributed by atoms with E-state index in [9.17, 15) is 14.7 Å². The zero-order valence-corrected chi connectivity index (χ0v) is 16.4. The van der Waals surface area contributed by atoms with Gasteiger partial charge in [0.05, 0.1) is 0 Å². The minimum Gasteiger partial charge on any atom is -0.480 e. The van der Waals surface area contributed by atoms with E-state index in [1.807, 2.05) is 31.7 Å². The third kappa shape index (κ3) is 4.36. The van der Waals surface area contributed by atoms with Gasteiger partial charge >= 0.3 is 12.1 Å². The first-order valence-corrected chi connectivity index (χ1v) is 9.25. The van der Waals surface area contributed by atoms with Gasteiger partial charge in [0, 0.05) is 53.9 Å². The van der Waals surface area contributed by atoms with E-state index in [1.54, 1.807) is 23.2 Å². The standard InChI is InChI=1S/C19H24ClN3O4/c1-19(2,3)27-18(26)23-8-6-22(7-9-23)16(17(24)25)14-11-21-15-5-4-12(20)10-13(14)15/h4-5,10-11,16,21H,6-9H2,1-3H3,(H,24,25)/t16-/m1/s1. The van der Waals surface area contributed by atoms with Gasteiger partial charge in [-0.05, 0) is 39.0 Å². The number of hydrogen-bond acceptors (Lipinski definition) is 4. The van der Waals surface area contributed by atoms with Crippen LogP contribution in [0.5, 0.6) is 0 Å². The third-order valence-electron chi connectivity index (χ3n) is 4.54. The summed E-state index contributed by atoms with van der Waals surface area (Å²) >= 11 is 6.09. The molecular weight excluding hydrogens is 370 g/mol. The number of aromatic nitrogens is 1. The minimum atomic E-state index is -0.929. The van der Waals surface area contributed by atoms with Crippen LogP contribution in [0.1, 0.15) is 32.4 Å². The van der Waals surface area contributed by atoms with Crippen molar-refractivity contribution in [1.82, 2.24) is 14.8 Å². The first-order valence-electron chi connectivity index (χ1n) is 8.87. The van der Waals surface area contributed by atoms with Crippen LogP contribution in [0.3, 0.4) is 0 Å². The van der Waals surface area contributed by atoms with Gasteiger partial charge in [-0.25, -0.2) is 4.79 Å². The number of fused-ring (bicyclic) bond motifs is 1. The lowest BCUT2D eigenvalue weighted by Gasteiger charge is -2.38. The van der Waals surface area contributed by atoms with Gasteiger partial charge in [-0.2, -0.15) is 0 Å². The van der Waals surface area contributed by atoms with Gasteiger partial charge < -0.3 is 19.7 Å². The summed E-state index contributed by atoms with van der Waals surface area (Å²) in [5.74, 6) is -0.929. The number of aliphatic carboxylic acids is 1. The summed E-state index contributed by atoms with van der Waals surface area (Å²) in [4.78, 5) is 30.8. The summed E-state index contributed by atoms with van der Waals surface area (Å²) < 4.78 is 5.40. The average molecular weight is 394 g/mol. The number of carboxylic acid groups (broad SMARTS) is 1. The smallest absolute Gasteiger partial charge is 0.410 e. The second kappa shape index (κ2) is 7.40. The maximum absolute atomic E-state index is 12.2. The summed E-state index contributed by atoms with van der Waals surface area (Å²) in [6.45, 7) is 7.20. The van der Waals surface area contributed by atoms with Gasteiger partial charge in [0.1, 0.15) is 11.6 Å². The van der Waals surface area contributed by atoms with Gasteiger partial charge in [0.2, 0.25) is 0 Å². The zero-order valence-electron chi connectivity index (χ0n) is 15.7. The maximum atomic E-state index is 12.2. The summed E-state index contributed by atoms with van der Waals surface area (Å²) in [7, 11) is 0. The van der Waals surface area contributed by atoms with Gasteiger partial charge in [-0.15, -0.1) is 0 Å². The first kappa shape index (κ1) is 19.5. The molecule has 1 amide bonds. The van der Waals surface area contributed by atoms with Crippen molar-refractivity contribution >= 4 is 34.6 Å². The molecule has 1 aromatic carbocycles. The van der Waals surface area contributed by atoms with Gasteiger partial charge in [-0.3, -0.25) is 9.69 Å². The SMILES string of the molecule is CC(C)(C)OC(=O)N1CCN([C@@H](C(=O)O)c2c[nH]c3ccc(Cl)cc23)CC1. The molecule has 1 saturated heterocycles. The topological polar surface area (TPSA) is 85.9 Å². The molecule has 27 heavy (non-hydrogen) atoms. The Balaban J connectivity index is 1.77. The molecule has 0 radical (unpaired) electrons. The fourth-order valence-electron chi connectivity index (χ4n) is 3.32. The van der Waals surface area contributed by atoms with E-state index in [1.165, 1.54) is 0 Å². The average Bonchev–Trinajstić information content (AvgIpc) is 2.97. The van der Waals surface area contributed by atoms with Crippen LogP contribution in [-0.2, 0) is 9.53 Å². The Morgan fingerprint density at radius 2 is 1.89 bits per heavy atom. The summed E-state index contributed by atoms with van der Waals surface area (Å²) in [6, 6.07) is 4.56. The van der Waals surface area contributed by atoms with E-state index in [4.69, 9.17) is 16.3 Å². The van der Waals surface area contributed by atoms with Crippen LogP contribution in [0, 0.1) is 0 Å². The minimum absolute atomic E-state index is 0.368. The zero-order chi connectivity index (χ0) is 19.8. The molecule has 2 aromatic rings. The number of H-pyrrole nitrogens is 1. The highest BCUT2D eigenvalue weighted by Gasteiger charge is 2.34. The van der Waals surface area contributed by atoms with E-state index in [-0.39, 0.29) is 6.09 Å². The highest BCUT2D eigenvalue weighted by Crippen LogP contribution is 2.31. The number of halogens is 1. The lowest BCUT2D eigenvalue weighted by Crippen LogP contribution is -2.51. The van der Waals surface area contributed by atoms with Gasteiger partial charge in [-0.1, -0.05) is 11.6 Å². The predicted molar refractivity (Wildman–Crippen MR) is 103 cm³/mol. The molecule has 0 unspecified atom stereocenters. The quantitative estimate of drug-likeness (QED) is 0.833. The molecule has 2 N–H and O–H groups in total. The molecule has 8 heteroatoms. The number of nitrogens with one attached hydrogen (secondary N) is 1. The Kier molecular flexibility index (Phi) is 5.35. The van der Waals surface area contributed by atoms with Crippen molar-refractivity contribution in [3.8, 4) is 0 Å². The third-order valence-corrected chi connectivity index (χ3v) is 4.77. The van der Waals surface area contributed by atoms with Crippen LogP contribution in [0.4, 0.5) is 4.79 Å². The Labute approximate surface area is 162 Å². The fourth-order valence-corrected chi connectivity index (χ4v) is 3.49. The number of benzene rings is 1. The second-order valence-electron chi connectivity index (χ2n) is 7.68. The maximum Gasteiger partial charge on any atom is 0.410 e. The molecule has 0 saturated carbocycles. The number of aromatic amines is 1. The van der Waals surface area contributed by atoms with Crippen LogP contribution in [0.15, 0.2) is 24.4 Å². The lowest BCUT2D eigenvalue weighted by atomic mass is 10.0. The Bertz CT molecular complexity index is 850. The van der Waals surface area contributed by atoms with Gasteiger partial charge in [0.25, 0.3) is 0 Å². The molecule has 1 fully saturated rings. The van der Waals surface area contributed by atoms with Crippen molar-refractivity contribution in [2.75, 3.05) is 26.2 Å². The van der Waals surface area contributed by atoms with Crippen molar-refractivity contribution in [3.05, 3.63) is 35.0 Å². The molecule has 3 rings (SSSR count). The van der Waals surface area contributed by atoms with Crippen LogP contribution in [0.25, 0.3) is 10.9 Å². The Morgan fingerprint density at radius 1 is 1.22 bits per heavy atom. The molecule has 0 spiro atoms. The Morgan fingerprint density at radius 3 is 2.48 bits per heavy atom. The largest absolute Gasteiger partial charge is 0.480 e. The highest BCUT2D eigenvalue weighted by molar-refractivity contribution is 6.31. The molecule has 1 aliphatic heterocycles. The number of carbonyl (C=O) groups is 2. The summed E-state index contributed by atoms with van der Waals surface area (Å²) in [5.41, 5.74) is 0.958. The number of rotatable bonds is 3. The molecule has 2 heterocycles. The Hall–Kier alpha value is -2.25. The molecule has 1 atom stereocenters. The number of carbonyl (C=O) groups excluding carboxylic acids is 1. The number of piperazine rings is 1. The van der Waals surface area contributed by atoms with Crippen molar-refractivity contribution in [3.63, 3.8) is 0 Å². The van der Waals surface area contributed by atoms with Crippen molar-refractivity contribution in [1.29, 1.82) is 0 Å². The fraction of sp³-hybridized carbons (Fsp3) is 0.474. The highest BCUT2D eigenvalue weighted by atomic mass is 35.5. The van der Waals surface area contributed by atoms with Crippen LogP contribution < -0.4 is 0 Å². The summed E-state index contributed by atoms with van der Waals surface area (Å²) in [5, 5.41) is 11.2. The van der Waals surface area contributed by atoms with E-state index in [2.05, 4.69) is 4.98 Å². The number of carboxylic acids is 1. The van der Waals surface area contributed by atoms with Crippen molar-refractivity contribution in [2.45, 2.75) is 32.4 Å². The van der Waals surface area contributed by atoms with Crippen LogP contribution in [-0.4, -0.2) is 63.7 Å². The van der Waals surface area contributed by atoms with Crippen molar-refractivity contribution in [2.24, 2.45) is 0 Å². The number of amides is 1. The van der Waals surface area contributed by atoms with E-state index in [0.29, 0.717) is 36.8 Å².